The van der Waals surface area contributed by atoms with Crippen molar-refractivity contribution in [3.63, 3.8) is 0 Å². The van der Waals surface area contributed by atoms with Crippen LogP contribution in [0, 0.1) is 15.9 Å². The average molecular weight is 492 g/mol. The number of hydrogen-bond donors (Lipinski definition) is 1. The van der Waals surface area contributed by atoms with Gasteiger partial charge in [-0.25, -0.2) is 4.79 Å². The van der Waals surface area contributed by atoms with Gasteiger partial charge < -0.3 is 10.1 Å². The fraction of sp³-hybridized carbons (Fsp3) is 0.500. The van der Waals surface area contributed by atoms with Gasteiger partial charge >= 0.3 is 11.4 Å². The standard InChI is InChI=1S/C22H26FN5O5S/c23-17-6-5-15(13-19(17)28(31)32)24-20(29)14-34-21-16-3-1-4-18(16)27(22(30)25-21)8-2-7-26-9-11-33-12-10-26/h5-6,13H,1-4,7-12,14H2,(H,24,29). The molecule has 1 aromatic carbocycles. The van der Waals surface area contributed by atoms with Crippen LogP contribution in [0.1, 0.15) is 24.1 Å². The summed E-state index contributed by atoms with van der Waals surface area (Å²) in [5, 5.41) is 14.0. The molecule has 1 N–H and O–H groups in total. The van der Waals surface area contributed by atoms with Crippen molar-refractivity contribution < 1.29 is 18.8 Å². The smallest absolute Gasteiger partial charge is 0.348 e. The molecule has 34 heavy (non-hydrogen) atoms. The molecule has 10 nitrogen and oxygen atoms in total. The van der Waals surface area contributed by atoms with Gasteiger partial charge in [0.05, 0.1) is 23.9 Å². The number of amides is 1. The highest BCUT2D eigenvalue weighted by Crippen LogP contribution is 2.29. The van der Waals surface area contributed by atoms with Crippen LogP contribution in [0.25, 0.3) is 0 Å². The summed E-state index contributed by atoms with van der Waals surface area (Å²) in [5.74, 6) is -1.41. The number of halogens is 1. The van der Waals surface area contributed by atoms with Crippen molar-refractivity contribution in [1.29, 1.82) is 0 Å². The zero-order valence-electron chi connectivity index (χ0n) is 18.6. The van der Waals surface area contributed by atoms with Crippen LogP contribution < -0.4 is 11.0 Å². The molecule has 2 aromatic rings. The first-order valence-electron chi connectivity index (χ1n) is 11.2. The van der Waals surface area contributed by atoms with Crippen molar-refractivity contribution in [2.24, 2.45) is 0 Å². The minimum Gasteiger partial charge on any atom is -0.379 e. The third kappa shape index (κ3) is 5.80. The van der Waals surface area contributed by atoms with Crippen molar-refractivity contribution >= 4 is 29.0 Å². The Morgan fingerprint density at radius 2 is 2.06 bits per heavy atom. The zero-order chi connectivity index (χ0) is 24.1. The number of rotatable bonds is 9. The Morgan fingerprint density at radius 1 is 1.26 bits per heavy atom. The van der Waals surface area contributed by atoms with E-state index in [0.29, 0.717) is 11.6 Å². The lowest BCUT2D eigenvalue weighted by Crippen LogP contribution is -2.37. The average Bonchev–Trinajstić information content (AvgIpc) is 3.31. The molecule has 4 rings (SSSR count). The number of ether oxygens (including phenoxy) is 1. The van der Waals surface area contributed by atoms with Gasteiger partial charge in [0.15, 0.2) is 0 Å². The minimum atomic E-state index is -0.970. The molecule has 0 saturated carbocycles. The molecule has 0 atom stereocenters. The highest BCUT2D eigenvalue weighted by molar-refractivity contribution is 8.00. The van der Waals surface area contributed by atoms with Gasteiger partial charge in [-0.1, -0.05) is 11.8 Å². The summed E-state index contributed by atoms with van der Waals surface area (Å²) in [6, 6.07) is 3.18. The highest BCUT2D eigenvalue weighted by Gasteiger charge is 2.23. The van der Waals surface area contributed by atoms with Gasteiger partial charge in [0.25, 0.3) is 0 Å². The molecule has 0 radical (unpaired) electrons. The number of aromatic nitrogens is 2. The van der Waals surface area contributed by atoms with E-state index in [1.807, 2.05) is 0 Å². The lowest BCUT2D eigenvalue weighted by atomic mass is 10.2. The molecular weight excluding hydrogens is 465 g/mol. The molecule has 1 fully saturated rings. The molecule has 1 aliphatic heterocycles. The van der Waals surface area contributed by atoms with Crippen LogP contribution in [0.3, 0.4) is 0 Å². The molecule has 2 aliphatic rings. The lowest BCUT2D eigenvalue weighted by molar-refractivity contribution is -0.387. The van der Waals surface area contributed by atoms with E-state index in [4.69, 9.17) is 4.74 Å². The normalized spacial score (nSPS) is 15.8. The number of fused-ring (bicyclic) bond motifs is 1. The van der Waals surface area contributed by atoms with Gasteiger partial charge in [-0.05, 0) is 37.8 Å². The monoisotopic (exact) mass is 491 g/mol. The Balaban J connectivity index is 1.38. The number of anilines is 1. The first-order valence-corrected chi connectivity index (χ1v) is 12.2. The Kier molecular flexibility index (Phi) is 7.91. The number of nitrogens with zero attached hydrogens (tertiary/aromatic N) is 4. The van der Waals surface area contributed by atoms with Crippen LogP contribution in [-0.2, 0) is 28.9 Å². The second-order valence-electron chi connectivity index (χ2n) is 8.20. The summed E-state index contributed by atoms with van der Waals surface area (Å²) in [5.41, 5.74) is 1.13. The number of carbonyl (C=O) groups is 1. The van der Waals surface area contributed by atoms with Crippen LogP contribution in [0.15, 0.2) is 28.0 Å². The Morgan fingerprint density at radius 3 is 2.82 bits per heavy atom. The third-order valence-electron chi connectivity index (χ3n) is 5.93. The summed E-state index contributed by atoms with van der Waals surface area (Å²) in [6.07, 6.45) is 3.40. The predicted molar refractivity (Wildman–Crippen MR) is 125 cm³/mol. The molecular formula is C22H26FN5O5S. The summed E-state index contributed by atoms with van der Waals surface area (Å²) < 4.78 is 20.6. The van der Waals surface area contributed by atoms with Gasteiger partial charge in [0, 0.05) is 49.2 Å². The van der Waals surface area contributed by atoms with Gasteiger partial charge in [0.1, 0.15) is 5.03 Å². The number of carbonyl (C=O) groups excluding carboxylic acids is 1. The van der Waals surface area contributed by atoms with E-state index in [1.54, 1.807) is 4.57 Å². The Labute approximate surface area is 199 Å². The summed E-state index contributed by atoms with van der Waals surface area (Å²) >= 11 is 1.17. The number of nitro groups is 1. The fourth-order valence-corrected chi connectivity index (χ4v) is 5.15. The zero-order valence-corrected chi connectivity index (χ0v) is 19.4. The summed E-state index contributed by atoms with van der Waals surface area (Å²) in [7, 11) is 0. The molecule has 182 valence electrons. The van der Waals surface area contributed by atoms with E-state index in [-0.39, 0.29) is 17.1 Å². The van der Waals surface area contributed by atoms with Crippen molar-refractivity contribution in [2.75, 3.05) is 43.9 Å². The number of thioether (sulfide) groups is 1. The molecule has 2 heterocycles. The van der Waals surface area contributed by atoms with E-state index in [1.165, 1.54) is 17.8 Å². The summed E-state index contributed by atoms with van der Waals surface area (Å²) in [6.45, 7) is 4.83. The van der Waals surface area contributed by atoms with Crippen LogP contribution in [0.2, 0.25) is 0 Å². The molecule has 1 aliphatic carbocycles. The quantitative estimate of drug-likeness (QED) is 0.245. The number of nitrogens with one attached hydrogen (secondary N) is 1. The minimum absolute atomic E-state index is 0.0227. The maximum Gasteiger partial charge on any atom is 0.348 e. The van der Waals surface area contributed by atoms with Crippen molar-refractivity contribution in [3.8, 4) is 0 Å². The van der Waals surface area contributed by atoms with Gasteiger partial charge in [-0.15, -0.1) is 0 Å². The molecule has 1 saturated heterocycles. The number of nitro benzene ring substituents is 1. The van der Waals surface area contributed by atoms with Crippen molar-refractivity contribution in [1.82, 2.24) is 14.5 Å². The van der Waals surface area contributed by atoms with E-state index in [0.717, 1.165) is 81.9 Å². The molecule has 12 heteroatoms. The Bertz CT molecular complexity index is 1140. The maximum atomic E-state index is 13.5. The molecule has 0 unspecified atom stereocenters. The van der Waals surface area contributed by atoms with E-state index >= 15 is 0 Å². The third-order valence-corrected chi connectivity index (χ3v) is 6.94. The first-order chi connectivity index (χ1) is 16.4. The highest BCUT2D eigenvalue weighted by atomic mass is 32.2. The Hall–Kier alpha value is -2.83. The van der Waals surface area contributed by atoms with E-state index in [9.17, 15) is 24.1 Å². The summed E-state index contributed by atoms with van der Waals surface area (Å²) in [4.78, 5) is 41.8. The predicted octanol–water partition coefficient (Wildman–Crippen LogP) is 2.23. The number of morpholine rings is 1. The SMILES string of the molecule is O=C(CSc1nc(=O)n(CCCN2CCOCC2)c2c1CCC2)Nc1ccc(F)c([N+](=O)[O-])c1. The second-order valence-corrected chi connectivity index (χ2v) is 9.16. The molecule has 0 bridgehead atoms. The maximum absolute atomic E-state index is 13.5. The van der Waals surface area contributed by atoms with Crippen LogP contribution in [-0.4, -0.2) is 63.9 Å². The van der Waals surface area contributed by atoms with Crippen LogP contribution >= 0.6 is 11.8 Å². The van der Waals surface area contributed by atoms with Crippen molar-refractivity contribution in [3.05, 3.63) is 55.9 Å². The fourth-order valence-electron chi connectivity index (χ4n) is 4.27. The number of hydrogen-bond acceptors (Lipinski definition) is 8. The molecule has 1 amide bonds. The van der Waals surface area contributed by atoms with Crippen LogP contribution in [0.5, 0.6) is 0 Å². The van der Waals surface area contributed by atoms with Gasteiger partial charge in [-0.2, -0.15) is 9.37 Å². The second kappa shape index (κ2) is 11.1. The van der Waals surface area contributed by atoms with Crippen LogP contribution in [0.4, 0.5) is 15.8 Å². The van der Waals surface area contributed by atoms with E-state index < -0.39 is 22.3 Å². The van der Waals surface area contributed by atoms with Crippen molar-refractivity contribution in [2.45, 2.75) is 37.3 Å². The van der Waals surface area contributed by atoms with E-state index in [2.05, 4.69) is 15.2 Å². The molecule has 1 aromatic heterocycles. The topological polar surface area (TPSA) is 120 Å². The van der Waals surface area contributed by atoms with Gasteiger partial charge in [0.2, 0.25) is 11.7 Å². The lowest BCUT2D eigenvalue weighted by Gasteiger charge is -2.26. The van der Waals surface area contributed by atoms with Gasteiger partial charge in [-0.3, -0.25) is 24.4 Å². The molecule has 0 spiro atoms. The largest absolute Gasteiger partial charge is 0.379 e. The first kappa shape index (κ1) is 24.3. The number of benzene rings is 1.